The highest BCUT2D eigenvalue weighted by Crippen LogP contribution is 2.34. The second kappa shape index (κ2) is 6.55. The molecule has 1 aliphatic rings. The quantitative estimate of drug-likeness (QED) is 0.533. The number of hydrogen-bond acceptors (Lipinski definition) is 4. The Bertz CT molecular complexity index is 827. The van der Waals surface area contributed by atoms with E-state index in [1.54, 1.807) is 39.3 Å². The monoisotopic (exact) mass is 331 g/mol. The maximum Gasteiger partial charge on any atom is 0.296 e. The molecule has 3 rings (SSSR count). The molecule has 1 N–H and O–H groups in total. The van der Waals surface area contributed by atoms with Crippen molar-refractivity contribution in [3.63, 3.8) is 0 Å². The van der Waals surface area contributed by atoms with Crippen molar-refractivity contribution >= 4 is 0 Å². The van der Waals surface area contributed by atoms with Crippen LogP contribution < -0.4 is 13.9 Å². The van der Waals surface area contributed by atoms with Crippen LogP contribution in [0.1, 0.15) is 36.3 Å². The number of fused-ring (bicyclic) bond motifs is 1. The first-order chi connectivity index (χ1) is 11.6. The molecule has 6 nitrogen and oxygen atoms in total. The maximum absolute atomic E-state index is 13.1. The highest BCUT2D eigenvalue weighted by atomic mass is 16.5. The van der Waals surface area contributed by atoms with E-state index in [1.165, 1.54) is 4.73 Å². The Labute approximate surface area is 140 Å². The summed E-state index contributed by atoms with van der Waals surface area (Å²) in [6, 6.07) is 5.31. The lowest BCUT2D eigenvalue weighted by atomic mass is 10.1. The summed E-state index contributed by atoms with van der Waals surface area (Å²) in [5.74, 6) is 1.20. The van der Waals surface area contributed by atoms with E-state index in [-0.39, 0.29) is 0 Å². The van der Waals surface area contributed by atoms with E-state index in [0.29, 0.717) is 52.7 Å². The van der Waals surface area contributed by atoms with Crippen molar-refractivity contribution in [3.05, 3.63) is 40.2 Å². The van der Waals surface area contributed by atoms with E-state index in [1.807, 2.05) is 0 Å². The van der Waals surface area contributed by atoms with E-state index < -0.39 is 0 Å². The van der Waals surface area contributed by atoms with Gasteiger partial charge in [-0.3, -0.25) is 0 Å². The minimum Gasteiger partial charge on any atom is -0.497 e. The molecule has 2 aromatic rings. The predicted octanol–water partition coefficient (Wildman–Crippen LogP) is 2.90. The summed E-state index contributed by atoms with van der Waals surface area (Å²) in [6.07, 6.45) is 4.37. The van der Waals surface area contributed by atoms with E-state index in [4.69, 9.17) is 9.47 Å². The number of rotatable bonds is 3. The Morgan fingerprint density at radius 2 is 1.88 bits per heavy atom. The van der Waals surface area contributed by atoms with E-state index in [2.05, 4.69) is 0 Å². The van der Waals surface area contributed by atoms with Crippen molar-refractivity contribution in [2.75, 3.05) is 14.2 Å². The molecule has 0 aliphatic heterocycles. The molecule has 0 saturated heterocycles. The molecular weight excluding hydrogens is 308 g/mol. The normalized spacial score (nSPS) is 14.0. The van der Waals surface area contributed by atoms with Gasteiger partial charge in [0.1, 0.15) is 22.9 Å². The largest absolute Gasteiger partial charge is 0.497 e. The Morgan fingerprint density at radius 3 is 2.58 bits per heavy atom. The molecule has 0 radical (unpaired) electrons. The van der Waals surface area contributed by atoms with Crippen molar-refractivity contribution in [1.82, 2.24) is 4.73 Å². The molecule has 0 saturated carbocycles. The zero-order valence-corrected chi connectivity index (χ0v) is 14.3. The molecule has 1 aromatic carbocycles. The van der Waals surface area contributed by atoms with Crippen LogP contribution in [-0.2, 0) is 12.8 Å². The lowest BCUT2D eigenvalue weighted by Gasteiger charge is -2.13. The topological polar surface area (TPSA) is 66.6 Å². The van der Waals surface area contributed by atoms with Crippen molar-refractivity contribution < 1.29 is 19.1 Å². The molecular formula is C18H23N2O4+. The van der Waals surface area contributed by atoms with Gasteiger partial charge in [0.2, 0.25) is 0 Å². The first kappa shape index (κ1) is 16.4. The van der Waals surface area contributed by atoms with Crippen LogP contribution in [0.5, 0.6) is 11.5 Å². The van der Waals surface area contributed by atoms with Crippen LogP contribution in [0.4, 0.5) is 0 Å². The van der Waals surface area contributed by atoms with Gasteiger partial charge in [-0.15, -0.1) is 0 Å². The summed E-state index contributed by atoms with van der Waals surface area (Å²) < 4.78 is 12.8. The number of aromatic nitrogens is 2. The molecule has 0 unspecified atom stereocenters. The molecule has 0 bridgehead atoms. The summed E-state index contributed by atoms with van der Waals surface area (Å²) in [5, 5.41) is 10.6. The molecule has 0 amide bonds. The van der Waals surface area contributed by atoms with E-state index >= 15 is 0 Å². The molecule has 0 atom stereocenters. The average Bonchev–Trinajstić information content (AvgIpc) is 2.86. The number of benzene rings is 1. The number of hydrogen-bond donors (Lipinski definition) is 1. The molecule has 1 heterocycles. The van der Waals surface area contributed by atoms with Crippen molar-refractivity contribution in [2.45, 2.75) is 39.0 Å². The Morgan fingerprint density at radius 1 is 1.12 bits per heavy atom. The zero-order chi connectivity index (χ0) is 17.3. The van der Waals surface area contributed by atoms with Gasteiger partial charge in [-0.1, -0.05) is 6.42 Å². The maximum atomic E-state index is 13.1. The SMILES string of the molecule is COc1ccc(OC)c(-c2c(C)n(O)c3c([n+]2=O)CCCCC3)c1. The molecule has 0 spiro atoms. The molecule has 1 aliphatic carbocycles. The van der Waals surface area contributed by atoms with Crippen LogP contribution in [0.3, 0.4) is 0 Å². The van der Waals surface area contributed by atoms with Gasteiger partial charge in [-0.2, -0.15) is 4.73 Å². The van der Waals surface area contributed by atoms with Gasteiger partial charge < -0.3 is 14.7 Å². The highest BCUT2D eigenvalue weighted by Gasteiger charge is 2.31. The lowest BCUT2D eigenvalue weighted by molar-refractivity contribution is -0.495. The van der Waals surface area contributed by atoms with E-state index in [0.717, 1.165) is 23.7 Å². The van der Waals surface area contributed by atoms with Crippen LogP contribution in [0.2, 0.25) is 0 Å². The standard InChI is InChI=1S/C18H23N2O4/c1-12-18(14-11-13(23-2)9-10-17(14)24-3)20(22)16-8-6-4-5-7-15(16)19(12)21/h9-11,21H,4-8H2,1-3H3/q+1. The average molecular weight is 331 g/mol. The van der Waals surface area contributed by atoms with Crippen molar-refractivity contribution in [3.8, 4) is 22.8 Å². The van der Waals surface area contributed by atoms with Crippen LogP contribution >= 0.6 is 0 Å². The predicted molar refractivity (Wildman–Crippen MR) is 89.5 cm³/mol. The second-order valence-corrected chi connectivity index (χ2v) is 6.06. The first-order valence-electron chi connectivity index (χ1n) is 8.20. The third-order valence-electron chi connectivity index (χ3n) is 4.69. The van der Waals surface area contributed by atoms with Gasteiger partial charge in [0.05, 0.1) is 24.2 Å². The first-order valence-corrected chi connectivity index (χ1v) is 8.20. The third kappa shape index (κ3) is 2.62. The van der Waals surface area contributed by atoms with Gasteiger partial charge in [-0.05, 0) is 44.4 Å². The fourth-order valence-corrected chi connectivity index (χ4v) is 3.39. The number of nitrogens with zero attached hydrogens (tertiary/aromatic N) is 2. The summed E-state index contributed by atoms with van der Waals surface area (Å²) in [7, 11) is 3.14. The molecule has 0 fully saturated rings. The van der Waals surface area contributed by atoms with Crippen LogP contribution in [0.15, 0.2) is 18.2 Å². The van der Waals surface area contributed by atoms with Crippen LogP contribution in [-0.4, -0.2) is 24.2 Å². The fraction of sp³-hybridized carbons (Fsp3) is 0.444. The summed E-state index contributed by atoms with van der Waals surface area (Å²) >= 11 is 0. The third-order valence-corrected chi connectivity index (χ3v) is 4.69. The second-order valence-electron chi connectivity index (χ2n) is 6.06. The minimum absolute atomic E-state index is 0.397. The zero-order valence-electron chi connectivity index (χ0n) is 14.3. The molecule has 24 heavy (non-hydrogen) atoms. The van der Waals surface area contributed by atoms with Crippen LogP contribution in [0.25, 0.3) is 11.3 Å². The van der Waals surface area contributed by atoms with E-state index in [9.17, 15) is 10.1 Å². The van der Waals surface area contributed by atoms with Crippen molar-refractivity contribution in [1.29, 1.82) is 0 Å². The van der Waals surface area contributed by atoms with Crippen LogP contribution in [0, 0.1) is 11.8 Å². The number of methoxy groups -OCH3 is 2. The van der Waals surface area contributed by atoms with Gasteiger partial charge in [0, 0.05) is 11.3 Å². The minimum atomic E-state index is 0.397. The highest BCUT2D eigenvalue weighted by molar-refractivity contribution is 5.68. The molecule has 6 heteroatoms. The molecule has 128 valence electrons. The molecule has 1 aromatic heterocycles. The Balaban J connectivity index is 2.32. The Hall–Kier alpha value is -2.50. The fourth-order valence-electron chi connectivity index (χ4n) is 3.39. The summed E-state index contributed by atoms with van der Waals surface area (Å²) in [5.41, 5.74) is 2.86. The summed E-state index contributed by atoms with van der Waals surface area (Å²) in [6.45, 7) is 1.74. The smallest absolute Gasteiger partial charge is 0.296 e. The van der Waals surface area contributed by atoms with Gasteiger partial charge in [0.15, 0.2) is 0 Å². The van der Waals surface area contributed by atoms with Crippen molar-refractivity contribution in [2.24, 2.45) is 0 Å². The summed E-state index contributed by atoms with van der Waals surface area (Å²) in [4.78, 5) is 13.1. The Kier molecular flexibility index (Phi) is 4.46. The number of ether oxygens (including phenoxy) is 2. The van der Waals surface area contributed by atoms with Gasteiger partial charge >= 0.3 is 0 Å². The van der Waals surface area contributed by atoms with Gasteiger partial charge in [0.25, 0.3) is 11.4 Å². The lowest BCUT2D eigenvalue weighted by Crippen LogP contribution is -2.31. The van der Waals surface area contributed by atoms with Gasteiger partial charge in [-0.25, -0.2) is 0 Å².